The first-order valence-electron chi connectivity index (χ1n) is 9.72. The fourth-order valence-corrected chi connectivity index (χ4v) is 2.91. The Bertz CT molecular complexity index is 703. The minimum absolute atomic E-state index is 0.0836. The van der Waals surface area contributed by atoms with Crippen molar-refractivity contribution in [3.8, 4) is 5.75 Å². The Morgan fingerprint density at radius 2 is 1.93 bits per heavy atom. The summed E-state index contributed by atoms with van der Waals surface area (Å²) < 4.78 is 5.49. The van der Waals surface area contributed by atoms with E-state index in [1.807, 2.05) is 13.8 Å². The highest BCUT2D eigenvalue weighted by molar-refractivity contribution is 6.32. The summed E-state index contributed by atoms with van der Waals surface area (Å²) in [6, 6.07) is 4.89. The third-order valence-electron chi connectivity index (χ3n) is 4.51. The molecule has 0 saturated heterocycles. The van der Waals surface area contributed by atoms with Gasteiger partial charge in [-0.1, -0.05) is 11.6 Å². The van der Waals surface area contributed by atoms with Crippen LogP contribution >= 0.6 is 11.6 Å². The summed E-state index contributed by atoms with van der Waals surface area (Å²) in [4.78, 5) is 37.2. The van der Waals surface area contributed by atoms with E-state index in [0.29, 0.717) is 48.9 Å². The van der Waals surface area contributed by atoms with Gasteiger partial charge >= 0.3 is 0 Å². The number of carbonyl (C=O) groups is 3. The molecule has 1 aromatic carbocycles. The second-order valence-corrected chi connectivity index (χ2v) is 7.12. The second kappa shape index (κ2) is 10.9. The smallest absolute Gasteiger partial charge is 0.260 e. The summed E-state index contributed by atoms with van der Waals surface area (Å²) in [7, 11) is 0. The number of likely N-dealkylation sites (N-methyl/N-ethyl adjacent to an activating group) is 1. The number of amides is 3. The molecule has 1 aliphatic carbocycles. The van der Waals surface area contributed by atoms with Gasteiger partial charge in [0.05, 0.1) is 5.02 Å². The average Bonchev–Trinajstić information content (AvgIpc) is 3.50. The first-order chi connectivity index (χ1) is 13.4. The van der Waals surface area contributed by atoms with E-state index in [1.54, 1.807) is 23.1 Å². The van der Waals surface area contributed by atoms with Gasteiger partial charge in [-0.3, -0.25) is 14.4 Å². The second-order valence-electron chi connectivity index (χ2n) is 6.72. The van der Waals surface area contributed by atoms with Crippen LogP contribution in [0.4, 0.5) is 5.69 Å². The summed E-state index contributed by atoms with van der Waals surface area (Å²) in [5, 5.41) is 5.92. The highest BCUT2D eigenvalue weighted by atomic mass is 35.5. The Morgan fingerprint density at radius 1 is 1.21 bits per heavy atom. The Morgan fingerprint density at radius 3 is 2.54 bits per heavy atom. The molecule has 0 spiro atoms. The van der Waals surface area contributed by atoms with Crippen LogP contribution in [0.3, 0.4) is 0 Å². The van der Waals surface area contributed by atoms with Crippen molar-refractivity contribution in [2.24, 2.45) is 5.92 Å². The van der Waals surface area contributed by atoms with E-state index < -0.39 is 0 Å². The van der Waals surface area contributed by atoms with Gasteiger partial charge in [-0.2, -0.15) is 0 Å². The van der Waals surface area contributed by atoms with Gasteiger partial charge in [-0.25, -0.2) is 0 Å². The molecule has 1 aromatic rings. The molecule has 2 rings (SSSR count). The van der Waals surface area contributed by atoms with E-state index in [0.717, 1.165) is 12.8 Å². The van der Waals surface area contributed by atoms with Crippen LogP contribution in [0.25, 0.3) is 0 Å². The monoisotopic (exact) mass is 409 g/mol. The lowest BCUT2D eigenvalue weighted by atomic mass is 10.2. The number of benzene rings is 1. The van der Waals surface area contributed by atoms with Crippen molar-refractivity contribution in [2.75, 3.05) is 31.6 Å². The highest BCUT2D eigenvalue weighted by Crippen LogP contribution is 2.29. The van der Waals surface area contributed by atoms with E-state index in [1.165, 1.54) is 0 Å². The Kier molecular flexibility index (Phi) is 8.57. The van der Waals surface area contributed by atoms with Crippen LogP contribution in [-0.4, -0.2) is 48.9 Å². The highest BCUT2D eigenvalue weighted by Gasteiger charge is 2.28. The predicted octanol–water partition coefficient (Wildman–Crippen LogP) is 2.83. The maximum absolute atomic E-state index is 12.0. The molecule has 154 valence electrons. The van der Waals surface area contributed by atoms with Crippen molar-refractivity contribution in [2.45, 2.75) is 39.5 Å². The van der Waals surface area contributed by atoms with Crippen molar-refractivity contribution in [3.05, 3.63) is 23.2 Å². The van der Waals surface area contributed by atoms with Crippen molar-refractivity contribution >= 4 is 35.0 Å². The number of hydrogen-bond acceptors (Lipinski definition) is 4. The van der Waals surface area contributed by atoms with Gasteiger partial charge in [0.25, 0.3) is 5.91 Å². The van der Waals surface area contributed by atoms with Crippen molar-refractivity contribution < 1.29 is 19.1 Å². The van der Waals surface area contributed by atoms with E-state index in [2.05, 4.69) is 10.6 Å². The number of nitrogens with zero attached hydrogens (tertiary/aromatic N) is 1. The first-order valence-corrected chi connectivity index (χ1v) is 10.1. The van der Waals surface area contributed by atoms with Gasteiger partial charge in [0, 0.05) is 37.7 Å². The molecule has 0 aliphatic heterocycles. The van der Waals surface area contributed by atoms with Crippen molar-refractivity contribution in [3.63, 3.8) is 0 Å². The van der Waals surface area contributed by atoms with E-state index >= 15 is 0 Å². The maximum Gasteiger partial charge on any atom is 0.260 e. The molecular weight excluding hydrogens is 382 g/mol. The molecule has 7 nitrogen and oxygen atoms in total. The van der Waals surface area contributed by atoms with Crippen LogP contribution < -0.4 is 15.4 Å². The van der Waals surface area contributed by atoms with Crippen molar-refractivity contribution in [1.29, 1.82) is 0 Å². The lowest BCUT2D eigenvalue weighted by molar-refractivity contribution is -0.133. The van der Waals surface area contributed by atoms with Crippen molar-refractivity contribution in [1.82, 2.24) is 10.2 Å². The lowest BCUT2D eigenvalue weighted by Gasteiger charge is -2.19. The number of anilines is 1. The number of nitrogens with one attached hydrogen (secondary N) is 2. The molecule has 0 unspecified atom stereocenters. The van der Waals surface area contributed by atoms with Gasteiger partial charge in [-0.05, 0) is 51.3 Å². The minimum atomic E-state index is -0.151. The molecule has 1 saturated carbocycles. The molecule has 28 heavy (non-hydrogen) atoms. The van der Waals surface area contributed by atoms with E-state index in [9.17, 15) is 14.4 Å². The Balaban J connectivity index is 1.73. The number of ether oxygens (including phenoxy) is 1. The fraction of sp³-hybridized carbons (Fsp3) is 0.550. The summed E-state index contributed by atoms with van der Waals surface area (Å²) in [5.74, 6) is 0.401. The van der Waals surface area contributed by atoms with Crippen LogP contribution in [0.1, 0.15) is 39.5 Å². The zero-order valence-corrected chi connectivity index (χ0v) is 17.2. The zero-order valence-electron chi connectivity index (χ0n) is 16.4. The summed E-state index contributed by atoms with van der Waals surface area (Å²) in [5.41, 5.74) is 0.555. The molecule has 1 fully saturated rings. The molecule has 1 aliphatic rings. The third kappa shape index (κ3) is 7.03. The summed E-state index contributed by atoms with van der Waals surface area (Å²) >= 11 is 6.19. The molecule has 0 heterocycles. The predicted molar refractivity (Wildman–Crippen MR) is 108 cm³/mol. The summed E-state index contributed by atoms with van der Waals surface area (Å²) in [6.45, 7) is 5.49. The molecule has 0 atom stereocenters. The summed E-state index contributed by atoms with van der Waals surface area (Å²) in [6.07, 6.45) is 2.82. The van der Waals surface area contributed by atoms with Gasteiger partial charge in [0.1, 0.15) is 5.75 Å². The fourth-order valence-electron chi connectivity index (χ4n) is 2.68. The Hall–Kier alpha value is -2.28. The molecule has 8 heteroatoms. The van der Waals surface area contributed by atoms with Crippen LogP contribution in [0.5, 0.6) is 5.75 Å². The van der Waals surface area contributed by atoms with Crippen LogP contribution in [0.2, 0.25) is 5.02 Å². The van der Waals surface area contributed by atoms with Gasteiger partial charge < -0.3 is 20.3 Å². The van der Waals surface area contributed by atoms with Crippen LogP contribution in [0.15, 0.2) is 18.2 Å². The van der Waals surface area contributed by atoms with Gasteiger partial charge in [0.2, 0.25) is 11.8 Å². The third-order valence-corrected chi connectivity index (χ3v) is 4.81. The largest absolute Gasteiger partial charge is 0.482 e. The average molecular weight is 410 g/mol. The van der Waals surface area contributed by atoms with E-state index in [4.69, 9.17) is 16.3 Å². The number of rotatable bonds is 11. The topological polar surface area (TPSA) is 87.7 Å². The minimum Gasteiger partial charge on any atom is -0.482 e. The number of carbonyl (C=O) groups excluding carboxylic acids is 3. The van der Waals surface area contributed by atoms with Crippen LogP contribution in [0, 0.1) is 5.92 Å². The standard InChI is InChI=1S/C20H28ClN3O4/c1-3-24(4-2)19(26)13-28-17-10-9-15(12-16(17)21)23-18(25)6-5-11-22-20(27)14-7-8-14/h9-10,12,14H,3-8,11,13H2,1-2H3,(H,22,27)(H,23,25). The molecular formula is C20H28ClN3O4. The van der Waals surface area contributed by atoms with Gasteiger partial charge in [0.15, 0.2) is 6.61 Å². The van der Waals surface area contributed by atoms with Crippen LogP contribution in [-0.2, 0) is 14.4 Å². The molecule has 3 amide bonds. The maximum atomic E-state index is 12.0. The zero-order chi connectivity index (χ0) is 20.5. The van der Waals surface area contributed by atoms with Gasteiger partial charge in [-0.15, -0.1) is 0 Å². The Labute approximate surface area is 170 Å². The van der Waals surface area contributed by atoms with E-state index in [-0.39, 0.29) is 30.2 Å². The molecule has 0 bridgehead atoms. The number of halogens is 1. The first kappa shape index (κ1) is 22.0. The molecule has 2 N–H and O–H groups in total. The lowest BCUT2D eigenvalue weighted by Crippen LogP contribution is -2.34. The normalized spacial score (nSPS) is 13.0. The quantitative estimate of drug-likeness (QED) is 0.550. The molecule has 0 aromatic heterocycles. The number of hydrogen-bond donors (Lipinski definition) is 2. The molecule has 0 radical (unpaired) electrons. The SMILES string of the molecule is CCN(CC)C(=O)COc1ccc(NC(=O)CCCNC(=O)C2CC2)cc1Cl.